The second kappa shape index (κ2) is 26.2. The molecule has 1 aromatic heterocycles. The molecule has 1 amide bonds. The molecule has 1 saturated heterocycles. The van der Waals surface area contributed by atoms with Gasteiger partial charge in [0.05, 0.1) is 0 Å². The molecule has 2 heterocycles. The maximum atomic E-state index is 12.6. The SMILES string of the molecule is CCCCCCCCCCCCCC(=O)Nc1ccn([C@H]2CS[C@@H](COC(=O)CCCCCCCCCCCCC)O2)c(=O)n1. The average molecular weight is 650 g/mol. The van der Waals surface area contributed by atoms with Crippen LogP contribution in [0.15, 0.2) is 17.1 Å². The molecular formula is C36H63N3O5S. The first-order valence-electron chi connectivity index (χ1n) is 18.3. The van der Waals surface area contributed by atoms with Gasteiger partial charge >= 0.3 is 11.7 Å². The molecule has 0 aromatic carbocycles. The maximum absolute atomic E-state index is 12.6. The van der Waals surface area contributed by atoms with Crippen LogP contribution in [0.2, 0.25) is 0 Å². The zero-order valence-corrected chi connectivity index (χ0v) is 29.4. The van der Waals surface area contributed by atoms with E-state index in [4.69, 9.17) is 9.47 Å². The highest BCUT2D eigenvalue weighted by Crippen LogP contribution is 2.31. The van der Waals surface area contributed by atoms with Gasteiger partial charge in [0, 0.05) is 24.8 Å². The number of esters is 1. The number of unbranched alkanes of at least 4 members (excludes halogenated alkanes) is 20. The van der Waals surface area contributed by atoms with Crippen molar-refractivity contribution in [3.63, 3.8) is 0 Å². The Morgan fingerprint density at radius 1 is 0.800 bits per heavy atom. The fraction of sp³-hybridized carbons (Fsp3) is 0.833. The Balaban J connectivity index is 1.52. The average Bonchev–Trinajstić information content (AvgIpc) is 3.50. The van der Waals surface area contributed by atoms with E-state index in [1.807, 2.05) is 0 Å². The zero-order chi connectivity index (χ0) is 32.4. The smallest absolute Gasteiger partial charge is 0.351 e. The lowest BCUT2D eigenvalue weighted by Crippen LogP contribution is -2.29. The van der Waals surface area contributed by atoms with Gasteiger partial charge in [-0.2, -0.15) is 4.98 Å². The Bertz CT molecular complexity index is 972. The van der Waals surface area contributed by atoms with E-state index in [0.29, 0.717) is 18.6 Å². The van der Waals surface area contributed by atoms with Crippen molar-refractivity contribution in [1.29, 1.82) is 0 Å². The summed E-state index contributed by atoms with van der Waals surface area (Å²) in [5.74, 6) is 0.527. The summed E-state index contributed by atoms with van der Waals surface area (Å²) >= 11 is 1.52. The fourth-order valence-electron chi connectivity index (χ4n) is 5.70. The topological polar surface area (TPSA) is 99.5 Å². The summed E-state index contributed by atoms with van der Waals surface area (Å²) in [5.41, 5.74) is -0.782. The number of thioether (sulfide) groups is 1. The van der Waals surface area contributed by atoms with Crippen LogP contribution in [0.4, 0.5) is 5.82 Å². The summed E-state index contributed by atoms with van der Waals surface area (Å²) < 4.78 is 12.8. The number of carbonyl (C=O) groups is 2. The minimum Gasteiger partial charge on any atom is -0.462 e. The number of amides is 1. The molecule has 0 radical (unpaired) electrons. The number of anilines is 1. The molecule has 0 unspecified atom stereocenters. The molecule has 1 aliphatic heterocycles. The molecule has 2 rings (SSSR count). The first-order chi connectivity index (χ1) is 22.0. The first kappa shape index (κ1) is 39.3. The quantitative estimate of drug-likeness (QED) is 0.0712. The number of nitrogens with one attached hydrogen (secondary N) is 1. The van der Waals surface area contributed by atoms with Crippen LogP contribution >= 0.6 is 11.8 Å². The van der Waals surface area contributed by atoms with Crippen molar-refractivity contribution in [2.24, 2.45) is 0 Å². The van der Waals surface area contributed by atoms with Gasteiger partial charge in [-0.1, -0.05) is 142 Å². The van der Waals surface area contributed by atoms with E-state index in [2.05, 4.69) is 24.1 Å². The van der Waals surface area contributed by atoms with Crippen molar-refractivity contribution in [3.05, 3.63) is 22.7 Å². The van der Waals surface area contributed by atoms with Crippen LogP contribution in [0.1, 0.15) is 174 Å². The van der Waals surface area contributed by atoms with E-state index in [1.54, 1.807) is 12.3 Å². The van der Waals surface area contributed by atoms with Gasteiger partial charge in [-0.05, 0) is 18.9 Å². The fourth-order valence-corrected chi connectivity index (χ4v) is 6.69. The van der Waals surface area contributed by atoms with E-state index in [0.717, 1.165) is 32.1 Å². The van der Waals surface area contributed by atoms with Gasteiger partial charge in [0.25, 0.3) is 0 Å². The van der Waals surface area contributed by atoms with Gasteiger partial charge in [-0.15, -0.1) is 11.8 Å². The Labute approximate surface area is 277 Å². The predicted molar refractivity (Wildman–Crippen MR) is 187 cm³/mol. The number of aromatic nitrogens is 2. The van der Waals surface area contributed by atoms with E-state index >= 15 is 0 Å². The summed E-state index contributed by atoms with van der Waals surface area (Å²) in [7, 11) is 0. The molecule has 45 heavy (non-hydrogen) atoms. The van der Waals surface area contributed by atoms with Crippen molar-refractivity contribution in [2.45, 2.75) is 180 Å². The summed E-state index contributed by atoms with van der Waals surface area (Å²) in [6, 6.07) is 1.63. The minimum atomic E-state index is -0.480. The highest BCUT2D eigenvalue weighted by Gasteiger charge is 2.29. The zero-order valence-electron chi connectivity index (χ0n) is 28.5. The number of hydrogen-bond acceptors (Lipinski definition) is 7. The summed E-state index contributed by atoms with van der Waals surface area (Å²) in [4.78, 5) is 41.2. The lowest BCUT2D eigenvalue weighted by atomic mass is 10.1. The van der Waals surface area contributed by atoms with Gasteiger partial charge < -0.3 is 14.8 Å². The molecular weight excluding hydrogens is 586 g/mol. The van der Waals surface area contributed by atoms with Crippen LogP contribution in [-0.4, -0.2) is 39.2 Å². The van der Waals surface area contributed by atoms with Crippen LogP contribution < -0.4 is 11.0 Å². The molecule has 0 bridgehead atoms. The predicted octanol–water partition coefficient (Wildman–Crippen LogP) is 9.72. The van der Waals surface area contributed by atoms with Gasteiger partial charge in [-0.3, -0.25) is 14.2 Å². The van der Waals surface area contributed by atoms with Crippen LogP contribution in [-0.2, 0) is 19.1 Å². The third-order valence-electron chi connectivity index (χ3n) is 8.51. The number of carbonyl (C=O) groups excluding carboxylic acids is 2. The normalized spacial score (nSPS) is 16.2. The standard InChI is InChI=1S/C36H63N3O5S/c1-3-5-7-9-11-13-15-17-19-21-23-25-32(40)37-31-27-28-39(36(42)38-31)33-30-45-35(44-33)29-43-34(41)26-24-22-20-18-16-14-12-10-8-6-4-2/h27-28,33,35H,3-26,29-30H2,1-2H3,(H,37,38,40,42)/t33-,35+/m1/s1. The lowest BCUT2D eigenvalue weighted by Gasteiger charge is -2.15. The highest BCUT2D eigenvalue weighted by molar-refractivity contribution is 8.00. The summed E-state index contributed by atoms with van der Waals surface area (Å²) in [6.45, 7) is 4.67. The van der Waals surface area contributed by atoms with Crippen LogP contribution in [0.25, 0.3) is 0 Å². The summed E-state index contributed by atoms with van der Waals surface area (Å²) in [5, 5.41) is 2.75. The second-order valence-electron chi connectivity index (χ2n) is 12.7. The molecule has 1 aromatic rings. The van der Waals surface area contributed by atoms with Crippen molar-refractivity contribution < 1.29 is 19.1 Å². The molecule has 0 spiro atoms. The Morgan fingerprint density at radius 2 is 1.29 bits per heavy atom. The third kappa shape index (κ3) is 19.4. The summed E-state index contributed by atoms with van der Waals surface area (Å²) in [6.07, 6.45) is 29.3. The maximum Gasteiger partial charge on any atom is 0.351 e. The number of ether oxygens (including phenoxy) is 2. The molecule has 0 saturated carbocycles. The molecule has 9 heteroatoms. The lowest BCUT2D eigenvalue weighted by molar-refractivity contribution is -0.147. The monoisotopic (exact) mass is 649 g/mol. The van der Waals surface area contributed by atoms with Gasteiger partial charge in [0.2, 0.25) is 5.91 Å². The molecule has 2 atom stereocenters. The largest absolute Gasteiger partial charge is 0.462 e. The van der Waals surface area contributed by atoms with Crippen molar-refractivity contribution in [3.8, 4) is 0 Å². The van der Waals surface area contributed by atoms with Gasteiger partial charge in [-0.25, -0.2) is 4.79 Å². The van der Waals surface area contributed by atoms with Crippen LogP contribution in [0, 0.1) is 0 Å². The van der Waals surface area contributed by atoms with Crippen LogP contribution in [0.3, 0.4) is 0 Å². The van der Waals surface area contributed by atoms with Gasteiger partial charge in [0.15, 0.2) is 0 Å². The van der Waals surface area contributed by atoms with Gasteiger partial charge in [0.1, 0.15) is 24.1 Å². The molecule has 258 valence electrons. The van der Waals surface area contributed by atoms with Crippen LogP contribution in [0.5, 0.6) is 0 Å². The molecule has 8 nitrogen and oxygen atoms in total. The third-order valence-corrected chi connectivity index (χ3v) is 9.61. The molecule has 1 aliphatic rings. The highest BCUT2D eigenvalue weighted by atomic mass is 32.2. The van der Waals surface area contributed by atoms with E-state index in [1.165, 1.54) is 125 Å². The van der Waals surface area contributed by atoms with E-state index < -0.39 is 11.9 Å². The van der Waals surface area contributed by atoms with Crippen molar-refractivity contribution in [1.82, 2.24) is 9.55 Å². The van der Waals surface area contributed by atoms with E-state index in [9.17, 15) is 14.4 Å². The first-order valence-corrected chi connectivity index (χ1v) is 19.4. The Kier molecular flexibility index (Phi) is 22.9. The number of hydrogen-bond donors (Lipinski definition) is 1. The molecule has 0 aliphatic carbocycles. The van der Waals surface area contributed by atoms with Crippen molar-refractivity contribution >= 4 is 29.5 Å². The molecule has 1 N–H and O–H groups in total. The Hall–Kier alpha value is -1.87. The minimum absolute atomic E-state index is 0.113. The Morgan fingerprint density at radius 3 is 1.80 bits per heavy atom. The van der Waals surface area contributed by atoms with Crippen molar-refractivity contribution in [2.75, 3.05) is 17.7 Å². The molecule has 1 fully saturated rings. The number of nitrogens with zero attached hydrogens (tertiary/aromatic N) is 2. The second-order valence-corrected chi connectivity index (χ2v) is 13.9. The number of rotatable bonds is 28. The van der Waals surface area contributed by atoms with E-state index in [-0.39, 0.29) is 29.7 Å².